The zero-order chi connectivity index (χ0) is 9.42. The molecule has 1 heterocycles. The molecule has 2 rings (SSSR count). The van der Waals surface area contributed by atoms with Gasteiger partial charge in [0.2, 0.25) is 5.91 Å². The van der Waals surface area contributed by atoms with Crippen molar-refractivity contribution in [2.45, 2.75) is 19.9 Å². The highest BCUT2D eigenvalue weighted by atomic mass is 35.5. The number of amides is 1. The van der Waals surface area contributed by atoms with Crippen LogP contribution >= 0.6 is 12.4 Å². The molecule has 1 unspecified atom stereocenters. The molecule has 2 fully saturated rings. The summed E-state index contributed by atoms with van der Waals surface area (Å²) in [6, 6.07) is 0.448. The molecule has 0 radical (unpaired) electrons. The molecule has 0 aromatic heterocycles. The van der Waals surface area contributed by atoms with E-state index in [1.807, 2.05) is 13.8 Å². The number of allylic oxidation sites excluding steroid dienone is 1. The fraction of sp³-hybridized carbons (Fsp3) is 0.700. The highest BCUT2D eigenvalue weighted by Crippen LogP contribution is 2.41. The molecule has 0 aromatic carbocycles. The van der Waals surface area contributed by atoms with Crippen LogP contribution in [-0.4, -0.2) is 25.0 Å². The van der Waals surface area contributed by atoms with Gasteiger partial charge in [0.15, 0.2) is 0 Å². The van der Waals surface area contributed by atoms with Crippen molar-refractivity contribution in [1.82, 2.24) is 10.6 Å². The molecule has 3 atom stereocenters. The minimum atomic E-state index is 0. The number of fused-ring (bicyclic) bond motifs is 1. The minimum Gasteiger partial charge on any atom is -0.349 e. The van der Waals surface area contributed by atoms with Crippen LogP contribution in [0.3, 0.4) is 0 Å². The lowest BCUT2D eigenvalue weighted by Crippen LogP contribution is -2.31. The van der Waals surface area contributed by atoms with Crippen LogP contribution < -0.4 is 10.6 Å². The lowest BCUT2D eigenvalue weighted by atomic mass is 10.3. The van der Waals surface area contributed by atoms with Gasteiger partial charge < -0.3 is 10.6 Å². The quantitative estimate of drug-likeness (QED) is 0.668. The SMILES string of the molecule is CC(C)=CC(=O)NC1[C@H]2CNC[C@@H]12.Cl. The van der Waals surface area contributed by atoms with Crippen molar-refractivity contribution in [1.29, 1.82) is 0 Å². The van der Waals surface area contributed by atoms with Gasteiger partial charge in [-0.3, -0.25) is 4.79 Å². The molecule has 1 aliphatic heterocycles. The molecule has 1 amide bonds. The number of hydrogen-bond donors (Lipinski definition) is 2. The molecular weight excluding hydrogens is 200 g/mol. The van der Waals surface area contributed by atoms with Crippen molar-refractivity contribution in [3.05, 3.63) is 11.6 Å². The molecule has 1 saturated carbocycles. The number of nitrogens with one attached hydrogen (secondary N) is 2. The number of hydrogen-bond acceptors (Lipinski definition) is 2. The second-order valence-electron chi connectivity index (χ2n) is 4.24. The first kappa shape index (κ1) is 11.5. The summed E-state index contributed by atoms with van der Waals surface area (Å²) in [5, 5.41) is 6.33. The predicted octanol–water partition coefficient (Wildman–Crippen LogP) is 0.708. The summed E-state index contributed by atoms with van der Waals surface area (Å²) in [4.78, 5) is 11.3. The summed E-state index contributed by atoms with van der Waals surface area (Å²) >= 11 is 0. The highest BCUT2D eigenvalue weighted by Gasteiger charge is 2.53. The van der Waals surface area contributed by atoms with Crippen LogP contribution in [0, 0.1) is 11.8 Å². The van der Waals surface area contributed by atoms with Crippen LogP contribution in [0.25, 0.3) is 0 Å². The number of carbonyl (C=O) groups is 1. The van der Waals surface area contributed by atoms with E-state index >= 15 is 0 Å². The third kappa shape index (κ3) is 2.28. The second-order valence-corrected chi connectivity index (χ2v) is 4.24. The fourth-order valence-electron chi connectivity index (χ4n) is 2.10. The second kappa shape index (κ2) is 4.32. The number of piperidine rings is 1. The highest BCUT2D eigenvalue weighted by molar-refractivity contribution is 5.88. The molecule has 4 heteroatoms. The minimum absolute atomic E-state index is 0. The first-order valence-corrected chi connectivity index (χ1v) is 4.84. The van der Waals surface area contributed by atoms with Gasteiger partial charge in [0.05, 0.1) is 0 Å². The van der Waals surface area contributed by atoms with Gasteiger partial charge in [0.1, 0.15) is 0 Å². The fourth-order valence-corrected chi connectivity index (χ4v) is 2.10. The summed E-state index contributed by atoms with van der Waals surface area (Å²) in [5.74, 6) is 1.48. The van der Waals surface area contributed by atoms with Crippen molar-refractivity contribution in [2.75, 3.05) is 13.1 Å². The van der Waals surface area contributed by atoms with Crippen molar-refractivity contribution < 1.29 is 4.79 Å². The van der Waals surface area contributed by atoms with Crippen LogP contribution in [0.1, 0.15) is 13.8 Å². The standard InChI is InChI=1S/C10H16N2O.ClH/c1-6(2)3-9(13)12-10-7-4-11-5-8(7)10;/h3,7-8,10-11H,4-5H2,1-2H3,(H,12,13);1H/t7-,8+,10?;. The molecular formula is C10H17ClN2O. The molecule has 0 bridgehead atoms. The van der Waals surface area contributed by atoms with E-state index in [0.29, 0.717) is 17.9 Å². The zero-order valence-corrected chi connectivity index (χ0v) is 9.36. The third-order valence-corrected chi connectivity index (χ3v) is 2.82. The van der Waals surface area contributed by atoms with Crippen LogP contribution in [0.15, 0.2) is 11.6 Å². The normalized spacial score (nSPS) is 32.6. The number of rotatable bonds is 2. The topological polar surface area (TPSA) is 41.1 Å². The van der Waals surface area contributed by atoms with E-state index < -0.39 is 0 Å². The van der Waals surface area contributed by atoms with E-state index in [0.717, 1.165) is 18.7 Å². The Morgan fingerprint density at radius 1 is 1.36 bits per heavy atom. The Labute approximate surface area is 90.7 Å². The summed E-state index contributed by atoms with van der Waals surface area (Å²) in [5.41, 5.74) is 1.06. The van der Waals surface area contributed by atoms with Gasteiger partial charge in [0.25, 0.3) is 0 Å². The summed E-state index contributed by atoms with van der Waals surface area (Å²) in [6.07, 6.45) is 1.67. The summed E-state index contributed by atoms with van der Waals surface area (Å²) in [7, 11) is 0. The van der Waals surface area contributed by atoms with Crippen LogP contribution in [-0.2, 0) is 4.79 Å². The van der Waals surface area contributed by atoms with E-state index in [-0.39, 0.29) is 18.3 Å². The Kier molecular flexibility index (Phi) is 3.56. The van der Waals surface area contributed by atoms with Crippen molar-refractivity contribution in [3.8, 4) is 0 Å². The smallest absolute Gasteiger partial charge is 0.244 e. The molecule has 14 heavy (non-hydrogen) atoms. The first-order valence-electron chi connectivity index (χ1n) is 4.84. The van der Waals surface area contributed by atoms with Crippen LogP contribution in [0.5, 0.6) is 0 Å². The van der Waals surface area contributed by atoms with Crippen LogP contribution in [0.2, 0.25) is 0 Å². The molecule has 1 aliphatic carbocycles. The zero-order valence-electron chi connectivity index (χ0n) is 8.54. The van der Waals surface area contributed by atoms with E-state index in [4.69, 9.17) is 0 Å². The number of halogens is 1. The molecule has 0 spiro atoms. The maximum atomic E-state index is 11.3. The summed E-state index contributed by atoms with van der Waals surface area (Å²) < 4.78 is 0. The molecule has 80 valence electrons. The molecule has 3 nitrogen and oxygen atoms in total. The molecule has 0 aromatic rings. The Hall–Kier alpha value is -0.540. The lowest BCUT2D eigenvalue weighted by molar-refractivity contribution is -0.116. The Bertz CT molecular complexity index is 251. The van der Waals surface area contributed by atoms with Gasteiger partial charge in [-0.15, -0.1) is 12.4 Å². The monoisotopic (exact) mass is 216 g/mol. The molecule has 1 saturated heterocycles. The van der Waals surface area contributed by atoms with E-state index in [2.05, 4.69) is 10.6 Å². The average Bonchev–Trinajstić information content (AvgIpc) is 2.51. The first-order chi connectivity index (χ1) is 6.18. The van der Waals surface area contributed by atoms with Gasteiger partial charge in [-0.1, -0.05) is 5.57 Å². The Balaban J connectivity index is 0.000000980. The Morgan fingerprint density at radius 2 is 1.93 bits per heavy atom. The van der Waals surface area contributed by atoms with Gasteiger partial charge in [-0.25, -0.2) is 0 Å². The van der Waals surface area contributed by atoms with E-state index in [1.54, 1.807) is 6.08 Å². The van der Waals surface area contributed by atoms with E-state index in [1.165, 1.54) is 0 Å². The van der Waals surface area contributed by atoms with Gasteiger partial charge in [-0.05, 0) is 25.7 Å². The predicted molar refractivity (Wildman–Crippen MR) is 58.5 cm³/mol. The molecule has 2 aliphatic rings. The Morgan fingerprint density at radius 3 is 2.43 bits per heavy atom. The average molecular weight is 217 g/mol. The largest absolute Gasteiger partial charge is 0.349 e. The van der Waals surface area contributed by atoms with Gasteiger partial charge >= 0.3 is 0 Å². The molecule has 2 N–H and O–H groups in total. The number of carbonyl (C=O) groups excluding carboxylic acids is 1. The maximum Gasteiger partial charge on any atom is 0.244 e. The van der Waals surface area contributed by atoms with Crippen LogP contribution in [0.4, 0.5) is 0 Å². The maximum absolute atomic E-state index is 11.3. The van der Waals surface area contributed by atoms with Gasteiger partial charge in [0, 0.05) is 25.2 Å². The lowest BCUT2D eigenvalue weighted by Gasteiger charge is -2.04. The van der Waals surface area contributed by atoms with Crippen molar-refractivity contribution in [3.63, 3.8) is 0 Å². The third-order valence-electron chi connectivity index (χ3n) is 2.82. The summed E-state index contributed by atoms with van der Waals surface area (Å²) in [6.45, 7) is 6.03. The van der Waals surface area contributed by atoms with E-state index in [9.17, 15) is 4.79 Å². The van der Waals surface area contributed by atoms with Crippen molar-refractivity contribution >= 4 is 18.3 Å². The van der Waals surface area contributed by atoms with Crippen molar-refractivity contribution in [2.24, 2.45) is 11.8 Å². The van der Waals surface area contributed by atoms with Gasteiger partial charge in [-0.2, -0.15) is 0 Å².